The van der Waals surface area contributed by atoms with Gasteiger partial charge in [0, 0.05) is 0 Å². The van der Waals surface area contributed by atoms with Crippen molar-refractivity contribution in [2.75, 3.05) is 6.61 Å². The lowest BCUT2D eigenvalue weighted by molar-refractivity contribution is -0.149. The first-order valence-electron chi connectivity index (χ1n) is 5.58. The van der Waals surface area contributed by atoms with Crippen LogP contribution >= 0.6 is 0 Å². The molecule has 4 atom stereocenters. The van der Waals surface area contributed by atoms with Crippen molar-refractivity contribution in [1.29, 1.82) is 0 Å². The van der Waals surface area contributed by atoms with E-state index in [1.807, 2.05) is 6.92 Å². The fraction of sp³-hybridized carbons (Fsp3) is 0.909. The number of carbonyl (C=O) groups is 1. The van der Waals surface area contributed by atoms with E-state index in [1.54, 1.807) is 0 Å². The number of fused-ring (bicyclic) bond motifs is 1. The summed E-state index contributed by atoms with van der Waals surface area (Å²) in [6.07, 6.45) is 3.68. The Labute approximate surface area is 84.4 Å². The van der Waals surface area contributed by atoms with E-state index >= 15 is 0 Å². The van der Waals surface area contributed by atoms with E-state index in [9.17, 15) is 9.90 Å². The molecule has 0 aromatic rings. The van der Waals surface area contributed by atoms with Crippen LogP contribution in [-0.4, -0.2) is 23.8 Å². The molecule has 2 aliphatic rings. The molecule has 14 heavy (non-hydrogen) atoms. The normalized spacial score (nSPS) is 41.0. The lowest BCUT2D eigenvalue weighted by Gasteiger charge is -2.16. The van der Waals surface area contributed by atoms with E-state index in [1.165, 1.54) is 0 Å². The van der Waals surface area contributed by atoms with Gasteiger partial charge in [-0.05, 0) is 38.0 Å². The summed E-state index contributed by atoms with van der Waals surface area (Å²) in [6, 6.07) is 0. The van der Waals surface area contributed by atoms with Crippen molar-refractivity contribution in [3.05, 3.63) is 0 Å². The van der Waals surface area contributed by atoms with Crippen molar-refractivity contribution in [2.45, 2.75) is 38.7 Å². The Bertz CT molecular complexity index is 227. The molecule has 0 aliphatic heterocycles. The molecule has 1 N–H and O–H groups in total. The van der Waals surface area contributed by atoms with Crippen LogP contribution in [0.1, 0.15) is 32.6 Å². The van der Waals surface area contributed by atoms with Gasteiger partial charge in [0.25, 0.3) is 0 Å². The molecular formula is C11H18O3. The molecule has 0 aromatic heterocycles. The average molecular weight is 198 g/mol. The lowest BCUT2D eigenvalue weighted by atomic mass is 9.92. The van der Waals surface area contributed by atoms with Gasteiger partial charge in [-0.15, -0.1) is 0 Å². The highest BCUT2D eigenvalue weighted by atomic mass is 16.5. The van der Waals surface area contributed by atoms with Crippen LogP contribution in [0.15, 0.2) is 0 Å². The van der Waals surface area contributed by atoms with Crippen molar-refractivity contribution >= 4 is 5.97 Å². The van der Waals surface area contributed by atoms with E-state index in [4.69, 9.17) is 4.74 Å². The number of carbonyl (C=O) groups excluding carboxylic acids is 1. The van der Waals surface area contributed by atoms with Crippen LogP contribution in [-0.2, 0) is 9.53 Å². The minimum absolute atomic E-state index is 0.0301. The van der Waals surface area contributed by atoms with E-state index in [-0.39, 0.29) is 18.0 Å². The van der Waals surface area contributed by atoms with Gasteiger partial charge in [0.1, 0.15) is 0 Å². The lowest BCUT2D eigenvalue weighted by Crippen LogP contribution is -2.21. The Balaban J connectivity index is 2.03. The summed E-state index contributed by atoms with van der Waals surface area (Å²) in [4.78, 5) is 11.6. The third kappa shape index (κ3) is 1.54. The first-order chi connectivity index (χ1) is 6.74. The smallest absolute Gasteiger partial charge is 0.309 e. The summed E-state index contributed by atoms with van der Waals surface area (Å²) >= 11 is 0. The van der Waals surface area contributed by atoms with Gasteiger partial charge in [0.2, 0.25) is 0 Å². The summed E-state index contributed by atoms with van der Waals surface area (Å²) in [6.45, 7) is 2.28. The second kappa shape index (κ2) is 3.89. The van der Waals surface area contributed by atoms with Crippen LogP contribution in [0.3, 0.4) is 0 Å². The van der Waals surface area contributed by atoms with Crippen molar-refractivity contribution in [3.63, 3.8) is 0 Å². The van der Waals surface area contributed by atoms with Crippen molar-refractivity contribution < 1.29 is 14.6 Å². The van der Waals surface area contributed by atoms with Crippen LogP contribution in [0, 0.1) is 17.8 Å². The van der Waals surface area contributed by atoms with Crippen molar-refractivity contribution in [1.82, 2.24) is 0 Å². The van der Waals surface area contributed by atoms with E-state index in [0.29, 0.717) is 24.9 Å². The molecule has 0 aromatic carbocycles. The van der Waals surface area contributed by atoms with Crippen LogP contribution < -0.4 is 0 Å². The monoisotopic (exact) mass is 198 g/mol. The predicted octanol–water partition coefficient (Wildman–Crippen LogP) is 1.35. The molecule has 0 bridgehead atoms. The van der Waals surface area contributed by atoms with Gasteiger partial charge in [-0.3, -0.25) is 4.79 Å². The summed E-state index contributed by atoms with van der Waals surface area (Å²) in [5, 5.41) is 9.78. The number of hydrogen-bond acceptors (Lipinski definition) is 3. The molecule has 0 heterocycles. The number of esters is 1. The maximum absolute atomic E-state index is 11.6. The average Bonchev–Trinajstić information content (AvgIpc) is 2.70. The fourth-order valence-corrected chi connectivity index (χ4v) is 3.12. The van der Waals surface area contributed by atoms with Gasteiger partial charge in [0.15, 0.2) is 0 Å². The van der Waals surface area contributed by atoms with Crippen molar-refractivity contribution in [3.8, 4) is 0 Å². The van der Waals surface area contributed by atoms with Gasteiger partial charge < -0.3 is 9.84 Å². The third-order valence-corrected chi connectivity index (χ3v) is 3.72. The van der Waals surface area contributed by atoms with Crippen LogP contribution in [0.2, 0.25) is 0 Å². The number of hydrogen-bond donors (Lipinski definition) is 1. The zero-order valence-electron chi connectivity index (χ0n) is 8.61. The molecule has 3 heteroatoms. The largest absolute Gasteiger partial charge is 0.466 e. The van der Waals surface area contributed by atoms with E-state index in [0.717, 1.165) is 19.3 Å². The third-order valence-electron chi connectivity index (χ3n) is 3.72. The number of aliphatic hydroxyl groups is 1. The van der Waals surface area contributed by atoms with Gasteiger partial charge in [-0.25, -0.2) is 0 Å². The Morgan fingerprint density at radius 1 is 1.43 bits per heavy atom. The molecule has 2 rings (SSSR count). The SMILES string of the molecule is CCOC(=O)[C@H]1C[C@@H](O)[C@H]2CCC[C@@H]21. The molecule has 0 amide bonds. The van der Waals surface area contributed by atoms with E-state index < -0.39 is 0 Å². The minimum Gasteiger partial charge on any atom is -0.466 e. The highest BCUT2D eigenvalue weighted by Gasteiger charge is 2.48. The molecule has 0 radical (unpaired) electrons. The van der Waals surface area contributed by atoms with E-state index in [2.05, 4.69) is 0 Å². The summed E-state index contributed by atoms with van der Waals surface area (Å²) in [5.74, 6) is 0.631. The Hall–Kier alpha value is -0.570. The summed E-state index contributed by atoms with van der Waals surface area (Å²) < 4.78 is 5.03. The summed E-state index contributed by atoms with van der Waals surface area (Å²) in [5.41, 5.74) is 0. The zero-order chi connectivity index (χ0) is 10.1. The second-order valence-electron chi connectivity index (χ2n) is 4.42. The Kier molecular flexibility index (Phi) is 2.77. The molecule has 0 saturated heterocycles. The maximum atomic E-state index is 11.6. The maximum Gasteiger partial charge on any atom is 0.309 e. The highest BCUT2D eigenvalue weighted by Crippen LogP contribution is 2.47. The molecule has 0 unspecified atom stereocenters. The van der Waals surface area contributed by atoms with Crippen LogP contribution in [0.5, 0.6) is 0 Å². The summed E-state index contributed by atoms with van der Waals surface area (Å²) in [7, 11) is 0. The second-order valence-corrected chi connectivity index (χ2v) is 4.42. The van der Waals surface area contributed by atoms with Crippen LogP contribution in [0.4, 0.5) is 0 Å². The molecule has 80 valence electrons. The van der Waals surface area contributed by atoms with Gasteiger partial charge >= 0.3 is 5.97 Å². The molecular weight excluding hydrogens is 180 g/mol. The van der Waals surface area contributed by atoms with Gasteiger partial charge in [0.05, 0.1) is 18.6 Å². The van der Waals surface area contributed by atoms with Crippen molar-refractivity contribution in [2.24, 2.45) is 17.8 Å². The standard InChI is InChI=1S/C11H18O3/c1-2-14-11(13)9-6-10(12)8-5-3-4-7(8)9/h7-10,12H,2-6H2,1H3/t7-,8-,9-,10+/m0/s1. The first kappa shape index (κ1) is 9.97. The molecule has 2 aliphatic carbocycles. The Morgan fingerprint density at radius 3 is 2.86 bits per heavy atom. The quantitative estimate of drug-likeness (QED) is 0.681. The number of rotatable bonds is 2. The number of aliphatic hydroxyl groups excluding tert-OH is 1. The van der Waals surface area contributed by atoms with Gasteiger partial charge in [-0.2, -0.15) is 0 Å². The number of ether oxygens (including phenoxy) is 1. The zero-order valence-corrected chi connectivity index (χ0v) is 8.61. The molecule has 3 nitrogen and oxygen atoms in total. The molecule has 2 saturated carbocycles. The first-order valence-corrected chi connectivity index (χ1v) is 5.58. The highest BCUT2D eigenvalue weighted by molar-refractivity contribution is 5.73. The molecule has 2 fully saturated rings. The molecule has 0 spiro atoms. The van der Waals surface area contributed by atoms with Crippen LogP contribution in [0.25, 0.3) is 0 Å². The predicted molar refractivity (Wildman–Crippen MR) is 51.6 cm³/mol. The van der Waals surface area contributed by atoms with Gasteiger partial charge in [-0.1, -0.05) is 6.42 Å². The fourth-order valence-electron chi connectivity index (χ4n) is 3.12. The minimum atomic E-state index is -0.267. The Morgan fingerprint density at radius 2 is 2.14 bits per heavy atom. The topological polar surface area (TPSA) is 46.5 Å².